The SMILES string of the molecule is COCCC(C)NS(=O)(=O)c1cc(C(=O)O)n(C(C)C)c1. The molecule has 0 bridgehead atoms. The lowest BCUT2D eigenvalue weighted by molar-refractivity contribution is 0.0683. The summed E-state index contributed by atoms with van der Waals surface area (Å²) in [7, 11) is -2.20. The zero-order valence-electron chi connectivity index (χ0n) is 12.7. The van der Waals surface area contributed by atoms with E-state index in [2.05, 4.69) is 4.72 Å². The fraction of sp³-hybridized carbons (Fsp3) is 0.615. The Bertz CT molecular complexity index is 592. The van der Waals surface area contributed by atoms with Crippen LogP contribution in [0.25, 0.3) is 0 Å². The standard InChI is InChI=1S/C13H22N2O5S/c1-9(2)15-8-11(7-12(15)13(16)17)21(18,19)14-10(3)5-6-20-4/h7-10,14H,5-6H2,1-4H3,(H,16,17). The van der Waals surface area contributed by atoms with Crippen LogP contribution in [-0.2, 0) is 14.8 Å². The second kappa shape index (κ2) is 7.06. The number of nitrogens with zero attached hydrogens (tertiary/aromatic N) is 1. The fourth-order valence-electron chi connectivity index (χ4n) is 1.89. The average molecular weight is 318 g/mol. The quantitative estimate of drug-likeness (QED) is 0.756. The van der Waals surface area contributed by atoms with Gasteiger partial charge in [-0.1, -0.05) is 0 Å². The van der Waals surface area contributed by atoms with E-state index < -0.39 is 16.0 Å². The number of hydrogen-bond donors (Lipinski definition) is 2. The van der Waals surface area contributed by atoms with Gasteiger partial charge >= 0.3 is 5.97 Å². The van der Waals surface area contributed by atoms with E-state index in [1.165, 1.54) is 16.8 Å². The topological polar surface area (TPSA) is 97.6 Å². The highest BCUT2D eigenvalue weighted by Gasteiger charge is 2.23. The van der Waals surface area contributed by atoms with Crippen LogP contribution < -0.4 is 4.72 Å². The third-order valence-electron chi connectivity index (χ3n) is 3.02. The molecule has 0 saturated heterocycles. The normalized spacial score (nSPS) is 13.6. The Morgan fingerprint density at radius 3 is 2.48 bits per heavy atom. The summed E-state index contributed by atoms with van der Waals surface area (Å²) in [4.78, 5) is 11.1. The minimum Gasteiger partial charge on any atom is -0.477 e. The van der Waals surface area contributed by atoms with Crippen molar-refractivity contribution in [1.82, 2.24) is 9.29 Å². The predicted octanol–water partition coefficient (Wildman–Crippen LogP) is 1.47. The van der Waals surface area contributed by atoms with Gasteiger partial charge in [0, 0.05) is 32.0 Å². The largest absolute Gasteiger partial charge is 0.477 e. The highest BCUT2D eigenvalue weighted by Crippen LogP contribution is 2.19. The van der Waals surface area contributed by atoms with E-state index in [9.17, 15) is 13.2 Å². The summed E-state index contributed by atoms with van der Waals surface area (Å²) in [5, 5.41) is 9.14. The maximum absolute atomic E-state index is 12.3. The second-order valence-corrected chi connectivity index (χ2v) is 6.89. The molecule has 0 amide bonds. The van der Waals surface area contributed by atoms with Crippen molar-refractivity contribution in [3.8, 4) is 0 Å². The van der Waals surface area contributed by atoms with Crippen molar-refractivity contribution in [1.29, 1.82) is 0 Å². The van der Waals surface area contributed by atoms with Gasteiger partial charge in [0.05, 0.1) is 0 Å². The summed E-state index contributed by atoms with van der Waals surface area (Å²) < 4.78 is 33.4. The van der Waals surface area contributed by atoms with E-state index in [0.717, 1.165) is 0 Å². The monoisotopic (exact) mass is 318 g/mol. The number of aromatic nitrogens is 1. The lowest BCUT2D eigenvalue weighted by atomic mass is 10.3. The summed E-state index contributed by atoms with van der Waals surface area (Å²) in [6, 6.07) is 0.727. The Balaban J connectivity index is 3.03. The van der Waals surface area contributed by atoms with Crippen LogP contribution in [0.5, 0.6) is 0 Å². The summed E-state index contributed by atoms with van der Waals surface area (Å²) in [5.74, 6) is -1.16. The lowest BCUT2D eigenvalue weighted by Crippen LogP contribution is -2.33. The van der Waals surface area contributed by atoms with E-state index >= 15 is 0 Å². The van der Waals surface area contributed by atoms with Crippen LogP contribution in [0, 0.1) is 0 Å². The molecule has 0 aliphatic carbocycles. The van der Waals surface area contributed by atoms with E-state index in [0.29, 0.717) is 13.0 Å². The highest BCUT2D eigenvalue weighted by atomic mass is 32.2. The van der Waals surface area contributed by atoms with Gasteiger partial charge < -0.3 is 14.4 Å². The third kappa shape index (κ3) is 4.55. The summed E-state index contributed by atoms with van der Waals surface area (Å²) in [6.45, 7) is 5.75. The number of rotatable bonds is 8. The molecule has 0 aliphatic rings. The van der Waals surface area contributed by atoms with Crippen LogP contribution in [0.15, 0.2) is 17.2 Å². The number of sulfonamides is 1. The Morgan fingerprint density at radius 2 is 2.05 bits per heavy atom. The number of carbonyl (C=O) groups is 1. The summed E-state index contributed by atoms with van der Waals surface area (Å²) in [5.41, 5.74) is -0.0464. The number of aromatic carboxylic acids is 1. The molecule has 0 spiro atoms. The minimum atomic E-state index is -3.75. The summed E-state index contributed by atoms with van der Waals surface area (Å²) >= 11 is 0. The van der Waals surface area contributed by atoms with Crippen LogP contribution in [0.4, 0.5) is 0 Å². The maximum Gasteiger partial charge on any atom is 0.352 e. The number of hydrogen-bond acceptors (Lipinski definition) is 4. The Morgan fingerprint density at radius 1 is 1.43 bits per heavy atom. The van der Waals surface area contributed by atoms with Crippen molar-refractivity contribution in [2.24, 2.45) is 0 Å². The first-order valence-electron chi connectivity index (χ1n) is 6.65. The summed E-state index contributed by atoms with van der Waals surface area (Å²) in [6.07, 6.45) is 1.88. The smallest absolute Gasteiger partial charge is 0.352 e. The number of carboxylic acid groups (broad SMARTS) is 1. The number of carboxylic acids is 1. The molecular weight excluding hydrogens is 296 g/mol. The molecular formula is C13H22N2O5S. The van der Waals surface area contributed by atoms with Crippen LogP contribution in [0.1, 0.15) is 43.7 Å². The number of nitrogens with one attached hydrogen (secondary N) is 1. The van der Waals surface area contributed by atoms with Crippen molar-refractivity contribution in [3.63, 3.8) is 0 Å². The van der Waals surface area contributed by atoms with Gasteiger partial charge in [0.1, 0.15) is 10.6 Å². The average Bonchev–Trinajstić information content (AvgIpc) is 2.81. The molecule has 1 unspecified atom stereocenters. The van der Waals surface area contributed by atoms with Gasteiger partial charge in [-0.15, -0.1) is 0 Å². The Labute approximate surface area is 125 Å². The molecule has 0 saturated carbocycles. The molecule has 1 aromatic rings. The molecule has 0 fully saturated rings. The molecule has 0 aromatic carbocycles. The molecule has 0 radical (unpaired) electrons. The first kappa shape index (κ1) is 17.7. The van der Waals surface area contributed by atoms with E-state index in [-0.39, 0.29) is 22.7 Å². The zero-order valence-corrected chi connectivity index (χ0v) is 13.5. The van der Waals surface area contributed by atoms with Gasteiger partial charge in [-0.2, -0.15) is 0 Å². The van der Waals surface area contributed by atoms with Crippen molar-refractivity contribution < 1.29 is 23.1 Å². The molecule has 1 atom stereocenters. The molecule has 1 heterocycles. The van der Waals surface area contributed by atoms with Crippen LogP contribution >= 0.6 is 0 Å². The predicted molar refractivity (Wildman–Crippen MR) is 78.1 cm³/mol. The van der Waals surface area contributed by atoms with E-state index in [4.69, 9.17) is 9.84 Å². The molecule has 21 heavy (non-hydrogen) atoms. The third-order valence-corrected chi connectivity index (χ3v) is 4.58. The number of ether oxygens (including phenoxy) is 1. The Kier molecular flexibility index (Phi) is 5.94. The molecule has 8 heteroatoms. The van der Waals surface area contributed by atoms with Gasteiger partial charge in [0.25, 0.3) is 0 Å². The lowest BCUT2D eigenvalue weighted by Gasteiger charge is -2.13. The van der Waals surface area contributed by atoms with Crippen LogP contribution in [-0.4, -0.2) is 43.8 Å². The molecule has 0 aliphatic heterocycles. The van der Waals surface area contributed by atoms with Gasteiger partial charge in [-0.25, -0.2) is 17.9 Å². The van der Waals surface area contributed by atoms with Crippen molar-refractivity contribution in [3.05, 3.63) is 18.0 Å². The van der Waals surface area contributed by atoms with Crippen LogP contribution in [0.2, 0.25) is 0 Å². The van der Waals surface area contributed by atoms with Gasteiger partial charge in [0.15, 0.2) is 0 Å². The van der Waals surface area contributed by atoms with Gasteiger partial charge in [-0.3, -0.25) is 0 Å². The number of methoxy groups -OCH3 is 1. The minimum absolute atomic E-state index is 0.0436. The maximum atomic E-state index is 12.3. The van der Waals surface area contributed by atoms with Crippen molar-refractivity contribution in [2.75, 3.05) is 13.7 Å². The molecule has 1 rings (SSSR count). The molecule has 120 valence electrons. The van der Waals surface area contributed by atoms with Crippen molar-refractivity contribution in [2.45, 2.75) is 44.2 Å². The second-order valence-electron chi connectivity index (χ2n) is 5.17. The zero-order chi connectivity index (χ0) is 16.2. The molecule has 1 aromatic heterocycles. The first-order chi connectivity index (χ1) is 9.69. The van der Waals surface area contributed by atoms with Gasteiger partial charge in [-0.05, 0) is 33.3 Å². The highest BCUT2D eigenvalue weighted by molar-refractivity contribution is 7.89. The van der Waals surface area contributed by atoms with Gasteiger partial charge in [0.2, 0.25) is 10.0 Å². The first-order valence-corrected chi connectivity index (χ1v) is 8.13. The molecule has 2 N–H and O–H groups in total. The fourth-order valence-corrected chi connectivity index (χ4v) is 3.19. The Hall–Kier alpha value is -1.38. The van der Waals surface area contributed by atoms with Crippen LogP contribution in [0.3, 0.4) is 0 Å². The van der Waals surface area contributed by atoms with E-state index in [1.807, 2.05) is 0 Å². The van der Waals surface area contributed by atoms with Crippen molar-refractivity contribution >= 4 is 16.0 Å². The van der Waals surface area contributed by atoms with E-state index in [1.54, 1.807) is 27.9 Å². The molecule has 7 nitrogen and oxygen atoms in total.